The maximum atomic E-state index is 13.4. The van der Waals surface area contributed by atoms with Crippen molar-refractivity contribution < 1.29 is 14.1 Å². The Bertz CT molecular complexity index is 649. The van der Waals surface area contributed by atoms with Gasteiger partial charge in [0.25, 0.3) is 0 Å². The average Bonchev–Trinajstić information content (AvgIpc) is 2.43. The van der Waals surface area contributed by atoms with E-state index in [0.717, 1.165) is 6.07 Å². The van der Waals surface area contributed by atoms with Crippen molar-refractivity contribution in [3.8, 4) is 5.75 Å². The number of nitrogen functional groups attached to an aromatic ring is 1. The molecule has 2 aromatic carbocycles. The first-order chi connectivity index (χ1) is 10.1. The zero-order valence-electron chi connectivity index (χ0n) is 11.1. The highest BCUT2D eigenvalue weighted by atomic mass is 19.1. The van der Waals surface area contributed by atoms with Gasteiger partial charge >= 0.3 is 5.69 Å². The number of hydrogen-bond acceptors (Lipinski definition) is 5. The second-order valence-electron chi connectivity index (χ2n) is 4.24. The molecule has 0 spiro atoms. The van der Waals surface area contributed by atoms with Gasteiger partial charge in [-0.15, -0.1) is 0 Å². The summed E-state index contributed by atoms with van der Waals surface area (Å²) in [6, 6.07) is 10.8. The average molecular weight is 291 g/mol. The van der Waals surface area contributed by atoms with Crippen molar-refractivity contribution in [1.82, 2.24) is 0 Å². The monoisotopic (exact) mass is 291 g/mol. The first-order valence-corrected chi connectivity index (χ1v) is 6.23. The molecule has 0 heterocycles. The number of nitrogens with two attached hydrogens (primary N) is 1. The number of benzene rings is 2. The van der Waals surface area contributed by atoms with Crippen LogP contribution in [-0.4, -0.2) is 18.1 Å². The van der Waals surface area contributed by atoms with Crippen molar-refractivity contribution in [2.75, 3.05) is 24.2 Å². The molecule has 0 aliphatic carbocycles. The van der Waals surface area contributed by atoms with Crippen LogP contribution in [0.1, 0.15) is 0 Å². The summed E-state index contributed by atoms with van der Waals surface area (Å²) in [6.45, 7) is 0.552. The van der Waals surface area contributed by atoms with Gasteiger partial charge in [0.1, 0.15) is 18.0 Å². The van der Waals surface area contributed by atoms with Crippen LogP contribution >= 0.6 is 0 Å². The Morgan fingerprint density at radius 3 is 2.76 bits per heavy atom. The fourth-order valence-corrected chi connectivity index (χ4v) is 1.80. The Labute approximate surface area is 120 Å². The number of halogens is 1. The fourth-order valence-electron chi connectivity index (χ4n) is 1.80. The number of rotatable bonds is 6. The van der Waals surface area contributed by atoms with E-state index in [1.807, 2.05) is 0 Å². The van der Waals surface area contributed by atoms with Crippen molar-refractivity contribution >= 4 is 17.1 Å². The van der Waals surface area contributed by atoms with Crippen molar-refractivity contribution in [2.45, 2.75) is 0 Å². The molecule has 0 aliphatic heterocycles. The number of nitro groups is 1. The molecule has 0 unspecified atom stereocenters. The molecular weight excluding hydrogens is 277 g/mol. The van der Waals surface area contributed by atoms with Gasteiger partial charge < -0.3 is 15.8 Å². The number of nitrogens with zero attached hydrogens (tertiary/aromatic N) is 1. The highest BCUT2D eigenvalue weighted by Crippen LogP contribution is 2.26. The third kappa shape index (κ3) is 3.82. The van der Waals surface area contributed by atoms with E-state index in [1.54, 1.807) is 24.3 Å². The molecule has 0 aromatic heterocycles. The van der Waals surface area contributed by atoms with Crippen LogP contribution in [0, 0.1) is 15.9 Å². The smallest absolute Gasteiger partial charge is 0.327 e. The molecule has 3 N–H and O–H groups in total. The van der Waals surface area contributed by atoms with E-state index in [1.165, 1.54) is 12.1 Å². The summed E-state index contributed by atoms with van der Waals surface area (Å²) in [4.78, 5) is 10.1. The minimum absolute atomic E-state index is 0.121. The molecule has 0 atom stereocenters. The maximum Gasteiger partial charge on any atom is 0.327 e. The lowest BCUT2D eigenvalue weighted by atomic mass is 10.2. The molecule has 0 bridgehead atoms. The molecule has 6 nitrogen and oxygen atoms in total. The number of nitrogens with one attached hydrogen (secondary N) is 1. The summed E-state index contributed by atoms with van der Waals surface area (Å²) < 4.78 is 18.8. The van der Waals surface area contributed by atoms with Gasteiger partial charge in [0.05, 0.1) is 4.92 Å². The summed E-state index contributed by atoms with van der Waals surface area (Å²) in [5.74, 6) is -0.271. The Morgan fingerprint density at radius 2 is 2.05 bits per heavy atom. The molecule has 0 aliphatic rings. The molecule has 0 saturated carbocycles. The Hall–Kier alpha value is -2.83. The first-order valence-electron chi connectivity index (χ1n) is 6.23. The normalized spacial score (nSPS) is 10.1. The molecule has 7 heteroatoms. The lowest BCUT2D eigenvalue weighted by Crippen LogP contribution is -2.13. The lowest BCUT2D eigenvalue weighted by molar-refractivity contribution is -0.386. The third-order valence-electron chi connectivity index (χ3n) is 2.71. The van der Waals surface area contributed by atoms with E-state index >= 15 is 0 Å². The lowest BCUT2D eigenvalue weighted by Gasteiger charge is -2.09. The van der Waals surface area contributed by atoms with E-state index in [0.29, 0.717) is 18.0 Å². The summed E-state index contributed by atoms with van der Waals surface area (Å²) in [6.07, 6.45) is 0. The number of ether oxygens (including phenoxy) is 1. The minimum Gasteiger partial charge on any atom is -0.492 e. The predicted molar refractivity (Wildman–Crippen MR) is 77.9 cm³/mol. The zero-order chi connectivity index (χ0) is 15.2. The van der Waals surface area contributed by atoms with Gasteiger partial charge in [-0.05, 0) is 24.3 Å². The number of nitro benzene ring substituents is 1. The van der Waals surface area contributed by atoms with E-state index in [-0.39, 0.29) is 12.3 Å². The molecule has 2 aromatic rings. The van der Waals surface area contributed by atoms with Crippen molar-refractivity contribution in [2.24, 2.45) is 0 Å². The summed E-state index contributed by atoms with van der Waals surface area (Å²) in [5, 5.41) is 13.6. The summed E-state index contributed by atoms with van der Waals surface area (Å²) in [5.41, 5.74) is 5.75. The standard InChI is InChI=1S/C14H14FN3O3/c15-12-5-2-6-13(14(12)18(19)20)17-7-8-21-11-4-1-3-10(16)9-11/h1-6,9,17H,7-8,16H2. The van der Waals surface area contributed by atoms with Gasteiger partial charge in [-0.3, -0.25) is 10.1 Å². The van der Waals surface area contributed by atoms with Crippen LogP contribution in [-0.2, 0) is 0 Å². The summed E-state index contributed by atoms with van der Waals surface area (Å²) >= 11 is 0. The number of hydrogen-bond donors (Lipinski definition) is 2. The van der Waals surface area contributed by atoms with E-state index in [9.17, 15) is 14.5 Å². The third-order valence-corrected chi connectivity index (χ3v) is 2.71. The quantitative estimate of drug-likeness (QED) is 0.369. The molecule has 0 radical (unpaired) electrons. The van der Waals surface area contributed by atoms with Gasteiger partial charge in [0.15, 0.2) is 0 Å². The van der Waals surface area contributed by atoms with Gasteiger partial charge in [0, 0.05) is 18.3 Å². The second-order valence-corrected chi connectivity index (χ2v) is 4.24. The highest BCUT2D eigenvalue weighted by Gasteiger charge is 2.19. The SMILES string of the molecule is Nc1cccc(OCCNc2cccc(F)c2[N+](=O)[O-])c1. The summed E-state index contributed by atoms with van der Waals surface area (Å²) in [7, 11) is 0. The van der Waals surface area contributed by atoms with Gasteiger partial charge in [-0.1, -0.05) is 12.1 Å². The highest BCUT2D eigenvalue weighted by molar-refractivity contribution is 5.61. The van der Waals surface area contributed by atoms with Crippen molar-refractivity contribution in [3.05, 3.63) is 58.4 Å². The van der Waals surface area contributed by atoms with E-state index < -0.39 is 16.4 Å². The Balaban J connectivity index is 1.92. The van der Waals surface area contributed by atoms with Crippen LogP contribution in [0.3, 0.4) is 0 Å². The largest absolute Gasteiger partial charge is 0.492 e. The van der Waals surface area contributed by atoms with Gasteiger partial charge in [-0.25, -0.2) is 0 Å². The van der Waals surface area contributed by atoms with Gasteiger partial charge in [-0.2, -0.15) is 4.39 Å². The Morgan fingerprint density at radius 1 is 1.29 bits per heavy atom. The fraction of sp³-hybridized carbons (Fsp3) is 0.143. The van der Waals surface area contributed by atoms with Crippen molar-refractivity contribution in [1.29, 1.82) is 0 Å². The number of anilines is 2. The van der Waals surface area contributed by atoms with E-state index in [4.69, 9.17) is 10.5 Å². The molecule has 2 rings (SSSR count). The van der Waals surface area contributed by atoms with Crippen LogP contribution in [0.25, 0.3) is 0 Å². The van der Waals surface area contributed by atoms with Crippen LogP contribution < -0.4 is 15.8 Å². The van der Waals surface area contributed by atoms with Crippen molar-refractivity contribution in [3.63, 3.8) is 0 Å². The molecular formula is C14H14FN3O3. The van der Waals surface area contributed by atoms with Crippen LogP contribution in [0.5, 0.6) is 5.75 Å². The molecule has 0 saturated heterocycles. The Kier molecular flexibility index (Phi) is 4.55. The molecule has 0 amide bonds. The van der Waals surface area contributed by atoms with Crippen LogP contribution in [0.4, 0.5) is 21.5 Å². The van der Waals surface area contributed by atoms with Gasteiger partial charge in [0.2, 0.25) is 5.82 Å². The van der Waals surface area contributed by atoms with E-state index in [2.05, 4.69) is 5.32 Å². The first kappa shape index (κ1) is 14.6. The van der Waals surface area contributed by atoms with Crippen LogP contribution in [0.15, 0.2) is 42.5 Å². The molecule has 0 fully saturated rings. The number of para-hydroxylation sites is 1. The zero-order valence-corrected chi connectivity index (χ0v) is 11.1. The predicted octanol–water partition coefficient (Wildman–Crippen LogP) is 2.81. The second kappa shape index (κ2) is 6.56. The minimum atomic E-state index is -0.873. The topological polar surface area (TPSA) is 90.4 Å². The molecule has 110 valence electrons. The van der Waals surface area contributed by atoms with Crippen LogP contribution in [0.2, 0.25) is 0 Å². The molecule has 21 heavy (non-hydrogen) atoms. The maximum absolute atomic E-state index is 13.4.